The summed E-state index contributed by atoms with van der Waals surface area (Å²) < 4.78 is 12.0. The Balaban J connectivity index is 2.01. The van der Waals surface area contributed by atoms with Crippen molar-refractivity contribution in [3.63, 3.8) is 0 Å². The van der Waals surface area contributed by atoms with Crippen LogP contribution in [0.3, 0.4) is 0 Å². The van der Waals surface area contributed by atoms with Gasteiger partial charge in [-0.15, -0.1) is 0 Å². The molecule has 0 aliphatic carbocycles. The Morgan fingerprint density at radius 3 is 3.22 bits per heavy atom. The van der Waals surface area contributed by atoms with Gasteiger partial charge in [0.05, 0.1) is 25.1 Å². The third-order valence-electron chi connectivity index (χ3n) is 3.04. The molecule has 1 aromatic rings. The summed E-state index contributed by atoms with van der Waals surface area (Å²) in [5.74, 6) is -0.315. The Kier molecular flexibility index (Phi) is 4.33. The van der Waals surface area contributed by atoms with Crippen molar-refractivity contribution in [1.82, 2.24) is 15.1 Å². The van der Waals surface area contributed by atoms with Crippen LogP contribution < -0.4 is 5.32 Å². The lowest BCUT2D eigenvalue weighted by Crippen LogP contribution is -2.30. The molecule has 1 atom stereocenters. The summed E-state index contributed by atoms with van der Waals surface area (Å²) in [4.78, 5) is 11.7. The largest absolute Gasteiger partial charge is 0.462 e. The minimum absolute atomic E-state index is 0.315. The second-order valence-corrected chi connectivity index (χ2v) is 4.29. The van der Waals surface area contributed by atoms with E-state index in [0.29, 0.717) is 24.8 Å². The van der Waals surface area contributed by atoms with E-state index in [-0.39, 0.29) is 5.97 Å². The van der Waals surface area contributed by atoms with Gasteiger partial charge in [-0.1, -0.05) is 0 Å². The van der Waals surface area contributed by atoms with Crippen molar-refractivity contribution in [1.29, 1.82) is 0 Å². The number of rotatable bonds is 5. The molecule has 1 aromatic heterocycles. The van der Waals surface area contributed by atoms with E-state index in [1.165, 1.54) is 0 Å². The van der Waals surface area contributed by atoms with Crippen LogP contribution in [-0.2, 0) is 23.1 Å². The SMILES string of the molecule is CCOC(=O)c1cnn(C)c1CNC1CCOC1. The van der Waals surface area contributed by atoms with Gasteiger partial charge in [0.25, 0.3) is 0 Å². The van der Waals surface area contributed by atoms with Crippen LogP contribution in [0.5, 0.6) is 0 Å². The Morgan fingerprint density at radius 1 is 1.72 bits per heavy atom. The number of hydrogen-bond acceptors (Lipinski definition) is 5. The van der Waals surface area contributed by atoms with Crippen molar-refractivity contribution < 1.29 is 14.3 Å². The first kappa shape index (κ1) is 13.0. The molecule has 1 aliphatic rings. The summed E-state index contributed by atoms with van der Waals surface area (Å²) >= 11 is 0. The first-order valence-electron chi connectivity index (χ1n) is 6.21. The molecule has 0 aromatic carbocycles. The fourth-order valence-electron chi connectivity index (χ4n) is 1.99. The highest BCUT2D eigenvalue weighted by Gasteiger charge is 2.20. The van der Waals surface area contributed by atoms with E-state index >= 15 is 0 Å². The zero-order valence-electron chi connectivity index (χ0n) is 10.8. The maximum absolute atomic E-state index is 11.7. The number of carbonyl (C=O) groups excluding carboxylic acids is 1. The average Bonchev–Trinajstić information content (AvgIpc) is 2.96. The molecule has 0 spiro atoms. The summed E-state index contributed by atoms with van der Waals surface area (Å²) in [7, 11) is 1.82. The molecule has 1 N–H and O–H groups in total. The molecule has 2 rings (SSSR count). The Morgan fingerprint density at radius 2 is 2.56 bits per heavy atom. The van der Waals surface area contributed by atoms with Gasteiger partial charge in [0.2, 0.25) is 0 Å². The van der Waals surface area contributed by atoms with Crippen LogP contribution >= 0.6 is 0 Å². The quantitative estimate of drug-likeness (QED) is 0.773. The summed E-state index contributed by atoms with van der Waals surface area (Å²) in [6.45, 7) is 4.29. The summed E-state index contributed by atoms with van der Waals surface area (Å²) in [5, 5.41) is 7.48. The van der Waals surface area contributed by atoms with Gasteiger partial charge in [-0.3, -0.25) is 4.68 Å². The number of carbonyl (C=O) groups is 1. The first-order valence-corrected chi connectivity index (χ1v) is 6.21. The fraction of sp³-hybridized carbons (Fsp3) is 0.667. The molecule has 1 saturated heterocycles. The summed E-state index contributed by atoms with van der Waals surface area (Å²) in [6.07, 6.45) is 2.56. The van der Waals surface area contributed by atoms with Gasteiger partial charge >= 0.3 is 5.97 Å². The van der Waals surface area contributed by atoms with Gasteiger partial charge in [-0.05, 0) is 13.3 Å². The number of aromatic nitrogens is 2. The zero-order valence-corrected chi connectivity index (χ0v) is 10.8. The fourth-order valence-corrected chi connectivity index (χ4v) is 1.99. The van der Waals surface area contributed by atoms with Gasteiger partial charge < -0.3 is 14.8 Å². The lowest BCUT2D eigenvalue weighted by Gasteiger charge is -2.11. The molecular weight excluding hydrogens is 234 g/mol. The van der Waals surface area contributed by atoms with Gasteiger partial charge in [0.1, 0.15) is 5.56 Å². The number of esters is 1. The maximum atomic E-state index is 11.7. The van der Waals surface area contributed by atoms with E-state index in [2.05, 4.69) is 10.4 Å². The van der Waals surface area contributed by atoms with Gasteiger partial charge in [0, 0.05) is 26.2 Å². The Labute approximate surface area is 106 Å². The minimum atomic E-state index is -0.315. The zero-order chi connectivity index (χ0) is 13.0. The smallest absolute Gasteiger partial charge is 0.341 e. The molecule has 6 heteroatoms. The van der Waals surface area contributed by atoms with E-state index in [9.17, 15) is 4.79 Å². The van der Waals surface area contributed by atoms with Crippen LogP contribution in [0.4, 0.5) is 0 Å². The molecule has 0 amide bonds. The first-order chi connectivity index (χ1) is 8.72. The molecule has 0 radical (unpaired) electrons. The van der Waals surface area contributed by atoms with Crippen LogP contribution in [0.2, 0.25) is 0 Å². The third-order valence-corrected chi connectivity index (χ3v) is 3.04. The van der Waals surface area contributed by atoms with Crippen molar-refractivity contribution in [3.8, 4) is 0 Å². The number of ether oxygens (including phenoxy) is 2. The van der Waals surface area contributed by atoms with Crippen molar-refractivity contribution in [2.45, 2.75) is 25.9 Å². The van der Waals surface area contributed by atoms with Crippen molar-refractivity contribution in [3.05, 3.63) is 17.5 Å². The van der Waals surface area contributed by atoms with Crippen molar-refractivity contribution >= 4 is 5.97 Å². The Bertz CT molecular complexity index is 411. The number of nitrogens with zero attached hydrogens (tertiary/aromatic N) is 2. The maximum Gasteiger partial charge on any atom is 0.341 e. The molecule has 1 fully saturated rings. The van der Waals surface area contributed by atoms with E-state index in [4.69, 9.17) is 9.47 Å². The van der Waals surface area contributed by atoms with E-state index < -0.39 is 0 Å². The molecule has 6 nitrogen and oxygen atoms in total. The highest BCUT2D eigenvalue weighted by molar-refractivity contribution is 5.90. The number of aryl methyl sites for hydroxylation is 1. The molecule has 0 bridgehead atoms. The second-order valence-electron chi connectivity index (χ2n) is 4.29. The van der Waals surface area contributed by atoms with Gasteiger partial charge in [-0.2, -0.15) is 5.10 Å². The van der Waals surface area contributed by atoms with Crippen molar-refractivity contribution in [2.24, 2.45) is 7.05 Å². The monoisotopic (exact) mass is 253 g/mol. The lowest BCUT2D eigenvalue weighted by molar-refractivity contribution is 0.0524. The summed E-state index contributed by atoms with van der Waals surface area (Å²) in [5.41, 5.74) is 1.38. The predicted octanol–water partition coefficient (Wildman–Crippen LogP) is 0.475. The predicted molar refractivity (Wildman–Crippen MR) is 65.2 cm³/mol. The average molecular weight is 253 g/mol. The van der Waals surface area contributed by atoms with Gasteiger partial charge in [0.15, 0.2) is 0 Å². The van der Waals surface area contributed by atoms with Crippen molar-refractivity contribution in [2.75, 3.05) is 19.8 Å². The van der Waals surface area contributed by atoms with E-state index in [1.807, 2.05) is 7.05 Å². The van der Waals surface area contributed by atoms with Crippen LogP contribution in [0.25, 0.3) is 0 Å². The van der Waals surface area contributed by atoms with E-state index in [1.54, 1.807) is 17.8 Å². The highest BCUT2D eigenvalue weighted by Crippen LogP contribution is 2.11. The van der Waals surface area contributed by atoms with Crippen LogP contribution in [0.1, 0.15) is 29.4 Å². The third kappa shape index (κ3) is 2.88. The Hall–Kier alpha value is -1.40. The van der Waals surface area contributed by atoms with Crippen LogP contribution in [0, 0.1) is 0 Å². The second kappa shape index (κ2) is 5.97. The molecule has 1 unspecified atom stereocenters. The van der Waals surface area contributed by atoms with Crippen LogP contribution in [-0.4, -0.2) is 41.6 Å². The molecule has 1 aliphatic heterocycles. The highest BCUT2D eigenvalue weighted by atomic mass is 16.5. The molecule has 2 heterocycles. The number of hydrogen-bond donors (Lipinski definition) is 1. The van der Waals surface area contributed by atoms with Gasteiger partial charge in [-0.25, -0.2) is 4.79 Å². The molecule has 18 heavy (non-hydrogen) atoms. The van der Waals surface area contributed by atoms with Crippen LogP contribution in [0.15, 0.2) is 6.20 Å². The standard InChI is InChI=1S/C12H19N3O3/c1-3-18-12(16)10-6-14-15(2)11(10)7-13-9-4-5-17-8-9/h6,9,13H,3-5,7-8H2,1-2H3. The molecule has 100 valence electrons. The molecular formula is C12H19N3O3. The summed E-state index contributed by atoms with van der Waals surface area (Å²) in [6, 6.07) is 0.356. The molecule has 0 saturated carbocycles. The normalized spacial score (nSPS) is 19.1. The topological polar surface area (TPSA) is 65.4 Å². The minimum Gasteiger partial charge on any atom is -0.462 e. The van der Waals surface area contributed by atoms with E-state index in [0.717, 1.165) is 25.3 Å². The number of nitrogens with one attached hydrogen (secondary N) is 1. The lowest BCUT2D eigenvalue weighted by atomic mass is 10.2.